The maximum Gasteiger partial charge on any atom is 0.224 e. The molecular formula is C16H25ClN2O3. The molecule has 124 valence electrons. The lowest BCUT2D eigenvalue weighted by Crippen LogP contribution is -2.52. The van der Waals surface area contributed by atoms with Crippen LogP contribution in [0.15, 0.2) is 18.2 Å². The van der Waals surface area contributed by atoms with Crippen LogP contribution in [-0.4, -0.2) is 38.8 Å². The van der Waals surface area contributed by atoms with Crippen LogP contribution >= 0.6 is 12.4 Å². The molecule has 5 nitrogen and oxygen atoms in total. The van der Waals surface area contributed by atoms with Crippen LogP contribution in [0.2, 0.25) is 0 Å². The fourth-order valence-electron chi connectivity index (χ4n) is 2.66. The van der Waals surface area contributed by atoms with E-state index in [1.165, 1.54) is 0 Å². The van der Waals surface area contributed by atoms with Crippen molar-refractivity contribution >= 4 is 18.3 Å². The highest BCUT2D eigenvalue weighted by molar-refractivity contribution is 5.85. The quantitative estimate of drug-likeness (QED) is 0.867. The number of hydrogen-bond donors (Lipinski definition) is 2. The molecule has 0 spiro atoms. The van der Waals surface area contributed by atoms with E-state index >= 15 is 0 Å². The summed E-state index contributed by atoms with van der Waals surface area (Å²) in [5, 5.41) is 6.47. The number of hydrogen-bond acceptors (Lipinski definition) is 4. The Morgan fingerprint density at radius 1 is 1.23 bits per heavy atom. The number of halogens is 1. The molecule has 1 aromatic rings. The molecule has 1 saturated heterocycles. The van der Waals surface area contributed by atoms with Gasteiger partial charge in [0.15, 0.2) is 11.5 Å². The molecule has 1 fully saturated rings. The molecule has 1 aromatic carbocycles. The van der Waals surface area contributed by atoms with Crippen LogP contribution in [0.4, 0.5) is 0 Å². The van der Waals surface area contributed by atoms with E-state index in [-0.39, 0.29) is 23.9 Å². The molecule has 22 heavy (non-hydrogen) atoms. The topological polar surface area (TPSA) is 59.6 Å². The van der Waals surface area contributed by atoms with E-state index in [1.807, 2.05) is 18.2 Å². The van der Waals surface area contributed by atoms with Crippen LogP contribution in [-0.2, 0) is 11.2 Å². The van der Waals surface area contributed by atoms with Gasteiger partial charge in [-0.25, -0.2) is 0 Å². The van der Waals surface area contributed by atoms with Gasteiger partial charge in [0.2, 0.25) is 5.91 Å². The second-order valence-corrected chi connectivity index (χ2v) is 5.72. The summed E-state index contributed by atoms with van der Waals surface area (Å²) in [6.45, 7) is 4.01. The van der Waals surface area contributed by atoms with Crippen LogP contribution in [0.25, 0.3) is 0 Å². The zero-order valence-corrected chi connectivity index (χ0v) is 14.2. The second kappa shape index (κ2) is 8.25. The van der Waals surface area contributed by atoms with E-state index in [0.717, 1.165) is 31.5 Å². The molecule has 2 N–H and O–H groups in total. The fraction of sp³-hybridized carbons (Fsp3) is 0.562. The van der Waals surface area contributed by atoms with Crippen molar-refractivity contribution in [3.63, 3.8) is 0 Å². The molecule has 1 aliphatic rings. The molecule has 6 heteroatoms. The lowest BCUT2D eigenvalue weighted by Gasteiger charge is -2.35. The minimum atomic E-state index is -0.0983. The first-order valence-corrected chi connectivity index (χ1v) is 7.29. The van der Waals surface area contributed by atoms with E-state index in [9.17, 15) is 4.79 Å². The Bertz CT molecular complexity index is 502. The molecule has 0 aliphatic carbocycles. The van der Waals surface area contributed by atoms with Crippen LogP contribution in [0.5, 0.6) is 11.5 Å². The van der Waals surface area contributed by atoms with Crippen LogP contribution in [0.3, 0.4) is 0 Å². The van der Waals surface area contributed by atoms with Gasteiger partial charge in [-0.3, -0.25) is 4.79 Å². The molecule has 1 heterocycles. The number of rotatable bonds is 5. The third-order valence-corrected chi connectivity index (χ3v) is 3.96. The monoisotopic (exact) mass is 328 g/mol. The molecule has 0 bridgehead atoms. The summed E-state index contributed by atoms with van der Waals surface area (Å²) >= 11 is 0. The minimum Gasteiger partial charge on any atom is -0.493 e. The van der Waals surface area contributed by atoms with Crippen LogP contribution in [0, 0.1) is 0 Å². The van der Waals surface area contributed by atoms with Gasteiger partial charge < -0.3 is 20.1 Å². The molecular weight excluding hydrogens is 304 g/mol. The predicted octanol–water partition coefficient (Wildman–Crippen LogP) is 1.93. The van der Waals surface area contributed by atoms with Gasteiger partial charge in [0, 0.05) is 5.54 Å². The van der Waals surface area contributed by atoms with Gasteiger partial charge in [0.1, 0.15) is 0 Å². The standard InChI is InChI=1S/C16H24N2O3.ClH/c1-16(6-8-17-9-7-16)18-15(19)11-12-4-5-13(20-2)14(10-12)21-3;/h4-5,10,17H,6-9,11H2,1-3H3,(H,18,19);1H. The summed E-state index contributed by atoms with van der Waals surface area (Å²) in [6.07, 6.45) is 2.28. The minimum absolute atomic E-state index is 0. The number of benzene rings is 1. The van der Waals surface area contributed by atoms with Gasteiger partial charge in [0.05, 0.1) is 20.6 Å². The van der Waals surface area contributed by atoms with E-state index in [2.05, 4.69) is 17.6 Å². The summed E-state index contributed by atoms with van der Waals surface area (Å²) in [7, 11) is 3.19. The first kappa shape index (κ1) is 18.6. The highest BCUT2D eigenvalue weighted by atomic mass is 35.5. The number of ether oxygens (including phenoxy) is 2. The van der Waals surface area contributed by atoms with Crippen molar-refractivity contribution in [1.29, 1.82) is 0 Å². The Labute approximate surface area is 138 Å². The number of amides is 1. The van der Waals surface area contributed by atoms with E-state index < -0.39 is 0 Å². The predicted molar refractivity (Wildman–Crippen MR) is 89.1 cm³/mol. The number of methoxy groups -OCH3 is 2. The van der Waals surface area contributed by atoms with Crippen molar-refractivity contribution in [3.05, 3.63) is 23.8 Å². The van der Waals surface area contributed by atoms with Crippen LogP contribution < -0.4 is 20.1 Å². The van der Waals surface area contributed by atoms with E-state index in [0.29, 0.717) is 17.9 Å². The Morgan fingerprint density at radius 2 is 1.86 bits per heavy atom. The largest absolute Gasteiger partial charge is 0.493 e. The average molecular weight is 329 g/mol. The Balaban J connectivity index is 0.00000242. The molecule has 1 aliphatic heterocycles. The van der Waals surface area contributed by atoms with Crippen molar-refractivity contribution in [2.24, 2.45) is 0 Å². The third-order valence-electron chi connectivity index (χ3n) is 3.96. The average Bonchev–Trinajstić information content (AvgIpc) is 2.47. The van der Waals surface area contributed by atoms with Gasteiger partial charge in [-0.1, -0.05) is 6.07 Å². The second-order valence-electron chi connectivity index (χ2n) is 5.72. The summed E-state index contributed by atoms with van der Waals surface area (Å²) in [6, 6.07) is 5.57. The summed E-state index contributed by atoms with van der Waals surface area (Å²) in [5.41, 5.74) is 0.821. The Hall–Kier alpha value is -1.46. The maximum absolute atomic E-state index is 12.2. The fourth-order valence-corrected chi connectivity index (χ4v) is 2.66. The molecule has 0 radical (unpaired) electrons. The Kier molecular flexibility index (Phi) is 6.97. The molecule has 1 amide bonds. The van der Waals surface area contributed by atoms with Crippen LogP contribution in [0.1, 0.15) is 25.3 Å². The van der Waals surface area contributed by atoms with E-state index in [4.69, 9.17) is 9.47 Å². The van der Waals surface area contributed by atoms with Gasteiger partial charge in [0.25, 0.3) is 0 Å². The first-order valence-electron chi connectivity index (χ1n) is 7.29. The number of piperidine rings is 1. The number of nitrogens with one attached hydrogen (secondary N) is 2. The number of carbonyl (C=O) groups is 1. The zero-order valence-electron chi connectivity index (χ0n) is 13.4. The lowest BCUT2D eigenvalue weighted by molar-refractivity contribution is -0.122. The van der Waals surface area contributed by atoms with Crippen molar-refractivity contribution in [2.75, 3.05) is 27.3 Å². The van der Waals surface area contributed by atoms with Crippen molar-refractivity contribution in [3.8, 4) is 11.5 Å². The highest BCUT2D eigenvalue weighted by Gasteiger charge is 2.28. The van der Waals surface area contributed by atoms with Gasteiger partial charge >= 0.3 is 0 Å². The summed E-state index contributed by atoms with van der Waals surface area (Å²) in [4.78, 5) is 12.2. The zero-order chi connectivity index (χ0) is 15.3. The maximum atomic E-state index is 12.2. The first-order chi connectivity index (χ1) is 10.1. The smallest absolute Gasteiger partial charge is 0.224 e. The highest BCUT2D eigenvalue weighted by Crippen LogP contribution is 2.27. The molecule has 2 rings (SSSR count). The van der Waals surface area contributed by atoms with Gasteiger partial charge in [-0.15, -0.1) is 12.4 Å². The molecule has 0 atom stereocenters. The summed E-state index contributed by atoms with van der Waals surface area (Å²) in [5.74, 6) is 1.37. The SMILES string of the molecule is COc1ccc(CC(=O)NC2(C)CCNCC2)cc1OC.Cl. The van der Waals surface area contributed by atoms with Crippen molar-refractivity contribution < 1.29 is 14.3 Å². The Morgan fingerprint density at radius 3 is 2.45 bits per heavy atom. The van der Waals surface area contributed by atoms with Gasteiger partial charge in [-0.2, -0.15) is 0 Å². The van der Waals surface area contributed by atoms with Crippen molar-refractivity contribution in [2.45, 2.75) is 31.7 Å². The normalized spacial score (nSPS) is 16.3. The van der Waals surface area contributed by atoms with Crippen molar-refractivity contribution in [1.82, 2.24) is 10.6 Å². The summed E-state index contributed by atoms with van der Waals surface area (Å²) < 4.78 is 10.5. The third kappa shape index (κ3) is 4.78. The van der Waals surface area contributed by atoms with E-state index in [1.54, 1.807) is 14.2 Å². The molecule has 0 aromatic heterocycles. The number of carbonyl (C=O) groups excluding carboxylic acids is 1. The molecule has 0 saturated carbocycles. The van der Waals surface area contributed by atoms with Gasteiger partial charge in [-0.05, 0) is 50.6 Å². The molecule has 0 unspecified atom stereocenters. The lowest BCUT2D eigenvalue weighted by atomic mass is 9.90.